The van der Waals surface area contributed by atoms with Crippen molar-refractivity contribution in [3.8, 4) is 0 Å². The fraction of sp³-hybridized carbons (Fsp3) is 0.875. The van der Waals surface area contributed by atoms with Crippen LogP contribution in [0.25, 0.3) is 0 Å². The van der Waals surface area contributed by atoms with Gasteiger partial charge in [0.2, 0.25) is 0 Å². The van der Waals surface area contributed by atoms with Crippen molar-refractivity contribution < 1.29 is 38.7 Å². The summed E-state index contributed by atoms with van der Waals surface area (Å²) in [6.45, 7) is 0.895. The fourth-order valence-corrected chi connectivity index (χ4v) is 2.64. The molecule has 0 spiro atoms. The molecule has 0 aliphatic heterocycles. The molecule has 1 aliphatic rings. The molecule has 1 aliphatic carbocycles. The van der Waals surface area contributed by atoms with E-state index in [1.165, 1.54) is 0 Å². The summed E-state index contributed by atoms with van der Waals surface area (Å²) in [4.78, 5) is 24.3. The van der Waals surface area contributed by atoms with Gasteiger partial charge in [0.1, 0.15) is 13.2 Å². The molecule has 24 heavy (non-hydrogen) atoms. The van der Waals surface area contributed by atoms with Gasteiger partial charge >= 0.3 is 11.9 Å². The largest absolute Gasteiger partial charge is 0.463 e. The van der Waals surface area contributed by atoms with Gasteiger partial charge < -0.3 is 29.2 Å². The second-order valence-corrected chi connectivity index (χ2v) is 5.50. The maximum atomic E-state index is 12.2. The van der Waals surface area contributed by atoms with Crippen molar-refractivity contribution in [3.63, 3.8) is 0 Å². The highest BCUT2D eigenvalue weighted by atomic mass is 16.6. The summed E-state index contributed by atoms with van der Waals surface area (Å²) >= 11 is 0. The van der Waals surface area contributed by atoms with Gasteiger partial charge in [-0.25, -0.2) is 0 Å². The van der Waals surface area contributed by atoms with Gasteiger partial charge in [0.15, 0.2) is 0 Å². The molecule has 8 heteroatoms. The third kappa shape index (κ3) is 8.05. The summed E-state index contributed by atoms with van der Waals surface area (Å²) in [5.74, 6) is -1.77. The van der Waals surface area contributed by atoms with E-state index in [1.54, 1.807) is 0 Å². The van der Waals surface area contributed by atoms with Crippen LogP contribution in [-0.4, -0.2) is 75.0 Å². The second-order valence-electron chi connectivity index (χ2n) is 5.50. The number of carbonyl (C=O) groups is 2. The number of hydrogen-bond acceptors (Lipinski definition) is 8. The minimum Gasteiger partial charge on any atom is -0.463 e. The standard InChI is InChI=1S/C16H28O8/c17-5-7-21-9-11-23-15(19)13-3-1-2-4-14(13)16(20)24-12-10-22-8-6-18/h13-14,17-18H,1-12H2. The highest BCUT2D eigenvalue weighted by Gasteiger charge is 2.37. The van der Waals surface area contributed by atoms with Crippen LogP contribution in [0.3, 0.4) is 0 Å². The summed E-state index contributed by atoms with van der Waals surface area (Å²) < 4.78 is 20.4. The van der Waals surface area contributed by atoms with Crippen molar-refractivity contribution in [1.82, 2.24) is 0 Å². The summed E-state index contributed by atoms with van der Waals surface area (Å²) in [6, 6.07) is 0. The molecule has 8 nitrogen and oxygen atoms in total. The van der Waals surface area contributed by atoms with Gasteiger partial charge in [0.25, 0.3) is 0 Å². The average Bonchev–Trinajstić information content (AvgIpc) is 2.61. The molecular weight excluding hydrogens is 320 g/mol. The van der Waals surface area contributed by atoms with Crippen molar-refractivity contribution in [2.45, 2.75) is 25.7 Å². The van der Waals surface area contributed by atoms with Crippen molar-refractivity contribution >= 4 is 11.9 Å². The number of hydrogen-bond donors (Lipinski definition) is 2. The van der Waals surface area contributed by atoms with Crippen LogP contribution in [0.15, 0.2) is 0 Å². The zero-order chi connectivity index (χ0) is 17.6. The van der Waals surface area contributed by atoms with Crippen molar-refractivity contribution in [1.29, 1.82) is 0 Å². The molecule has 1 fully saturated rings. The zero-order valence-corrected chi connectivity index (χ0v) is 14.0. The fourth-order valence-electron chi connectivity index (χ4n) is 2.64. The molecule has 0 saturated heterocycles. The smallest absolute Gasteiger partial charge is 0.309 e. The Morgan fingerprint density at radius 3 is 1.50 bits per heavy atom. The summed E-state index contributed by atoms with van der Waals surface area (Å²) in [5.41, 5.74) is 0. The van der Waals surface area contributed by atoms with Crippen molar-refractivity contribution in [2.24, 2.45) is 11.8 Å². The van der Waals surface area contributed by atoms with Gasteiger partial charge in [-0.2, -0.15) is 0 Å². The predicted molar refractivity (Wildman–Crippen MR) is 83.2 cm³/mol. The number of aliphatic hydroxyl groups excluding tert-OH is 2. The van der Waals surface area contributed by atoms with Crippen LogP contribution in [0.4, 0.5) is 0 Å². The Balaban J connectivity index is 2.34. The lowest BCUT2D eigenvalue weighted by Crippen LogP contribution is -2.35. The van der Waals surface area contributed by atoms with Gasteiger partial charge in [0, 0.05) is 0 Å². The van der Waals surface area contributed by atoms with Crippen LogP contribution in [-0.2, 0) is 28.5 Å². The molecule has 2 atom stereocenters. The Kier molecular flexibility index (Phi) is 11.4. The van der Waals surface area contributed by atoms with E-state index in [4.69, 9.17) is 29.2 Å². The van der Waals surface area contributed by atoms with Gasteiger partial charge in [-0.3, -0.25) is 9.59 Å². The van der Waals surface area contributed by atoms with E-state index >= 15 is 0 Å². The van der Waals surface area contributed by atoms with E-state index < -0.39 is 23.8 Å². The molecule has 2 unspecified atom stereocenters. The van der Waals surface area contributed by atoms with Crippen LogP contribution in [0.2, 0.25) is 0 Å². The van der Waals surface area contributed by atoms with Crippen LogP contribution < -0.4 is 0 Å². The topological polar surface area (TPSA) is 112 Å². The van der Waals surface area contributed by atoms with E-state index in [-0.39, 0.29) is 52.9 Å². The minimum absolute atomic E-state index is 0.0769. The molecule has 0 aromatic rings. The van der Waals surface area contributed by atoms with Gasteiger partial charge in [-0.05, 0) is 12.8 Å². The molecule has 140 valence electrons. The Hall–Kier alpha value is -1.22. The summed E-state index contributed by atoms with van der Waals surface area (Å²) in [5, 5.41) is 17.2. The first kappa shape index (κ1) is 20.8. The number of carbonyl (C=O) groups excluding carboxylic acids is 2. The van der Waals surface area contributed by atoms with E-state index in [0.29, 0.717) is 12.8 Å². The second kappa shape index (κ2) is 13.1. The normalized spacial score (nSPS) is 20.6. The predicted octanol–water partition coefficient (Wildman–Crippen LogP) is -0.103. The van der Waals surface area contributed by atoms with Gasteiger partial charge in [-0.15, -0.1) is 0 Å². The highest BCUT2D eigenvalue weighted by Crippen LogP contribution is 2.32. The molecule has 0 heterocycles. The highest BCUT2D eigenvalue weighted by molar-refractivity contribution is 5.82. The maximum absolute atomic E-state index is 12.2. The van der Waals surface area contributed by atoms with E-state index in [0.717, 1.165) is 12.8 Å². The Labute approximate surface area is 142 Å². The van der Waals surface area contributed by atoms with Gasteiger partial charge in [-0.1, -0.05) is 12.8 Å². The molecule has 0 amide bonds. The molecule has 0 aromatic carbocycles. The molecule has 0 bridgehead atoms. The number of aliphatic hydroxyl groups is 2. The number of esters is 2. The van der Waals surface area contributed by atoms with Crippen molar-refractivity contribution in [2.75, 3.05) is 52.9 Å². The Morgan fingerprint density at radius 1 is 0.708 bits per heavy atom. The van der Waals surface area contributed by atoms with Gasteiger partial charge in [0.05, 0.1) is 51.5 Å². The third-order valence-corrected chi connectivity index (χ3v) is 3.79. The van der Waals surface area contributed by atoms with Crippen molar-refractivity contribution in [3.05, 3.63) is 0 Å². The lowest BCUT2D eigenvalue weighted by molar-refractivity contribution is -0.164. The quantitative estimate of drug-likeness (QED) is 0.371. The SMILES string of the molecule is O=C(OCCOCCO)C1CCCCC1C(=O)OCCOCCO. The number of ether oxygens (including phenoxy) is 4. The summed E-state index contributed by atoms with van der Waals surface area (Å²) in [6.07, 6.45) is 2.97. The van der Waals surface area contributed by atoms with E-state index in [9.17, 15) is 9.59 Å². The molecular formula is C16H28O8. The van der Waals surface area contributed by atoms with Crippen LogP contribution in [0.1, 0.15) is 25.7 Å². The first-order valence-corrected chi connectivity index (χ1v) is 8.41. The van der Waals surface area contributed by atoms with Crippen LogP contribution >= 0.6 is 0 Å². The number of rotatable bonds is 12. The Morgan fingerprint density at radius 2 is 1.12 bits per heavy atom. The maximum Gasteiger partial charge on any atom is 0.309 e. The minimum atomic E-state index is -0.484. The van der Waals surface area contributed by atoms with E-state index in [2.05, 4.69) is 0 Å². The molecule has 2 N–H and O–H groups in total. The lowest BCUT2D eigenvalue weighted by atomic mass is 9.79. The molecule has 0 radical (unpaired) electrons. The summed E-state index contributed by atoms with van der Waals surface area (Å²) in [7, 11) is 0. The zero-order valence-electron chi connectivity index (χ0n) is 14.0. The third-order valence-electron chi connectivity index (χ3n) is 3.79. The van der Waals surface area contributed by atoms with Crippen LogP contribution in [0.5, 0.6) is 0 Å². The molecule has 1 rings (SSSR count). The van der Waals surface area contributed by atoms with Crippen LogP contribution in [0, 0.1) is 11.8 Å². The average molecular weight is 348 g/mol. The first-order chi connectivity index (χ1) is 11.7. The first-order valence-electron chi connectivity index (χ1n) is 8.41. The van der Waals surface area contributed by atoms with E-state index in [1.807, 2.05) is 0 Å². The lowest BCUT2D eigenvalue weighted by Gasteiger charge is -2.28. The molecule has 1 saturated carbocycles. The monoisotopic (exact) mass is 348 g/mol. The Bertz CT molecular complexity index is 326. The molecule has 0 aromatic heterocycles.